The van der Waals surface area contributed by atoms with Crippen molar-refractivity contribution in [3.05, 3.63) is 83.7 Å². The minimum Gasteiger partial charge on any atom is -0.334 e. The van der Waals surface area contributed by atoms with E-state index in [1.165, 1.54) is 5.56 Å². The lowest BCUT2D eigenvalue weighted by atomic mass is 10.0. The molecule has 4 nitrogen and oxygen atoms in total. The highest BCUT2D eigenvalue weighted by Crippen LogP contribution is 2.21. The minimum atomic E-state index is 0.0389. The lowest BCUT2D eigenvalue weighted by Gasteiger charge is -2.25. The van der Waals surface area contributed by atoms with Crippen molar-refractivity contribution >= 4 is 12.0 Å². The Bertz CT molecular complexity index is 912. The summed E-state index contributed by atoms with van der Waals surface area (Å²) in [5, 5.41) is 7.04. The van der Waals surface area contributed by atoms with E-state index in [9.17, 15) is 4.79 Å². The number of hydrogen-bond donors (Lipinski definition) is 1. The van der Waals surface area contributed by atoms with Gasteiger partial charge < -0.3 is 4.90 Å². The van der Waals surface area contributed by atoms with E-state index < -0.39 is 0 Å². The molecule has 3 aromatic rings. The molecular formula is C21H19N3O. The zero-order chi connectivity index (χ0) is 17.1. The van der Waals surface area contributed by atoms with Gasteiger partial charge in [0.15, 0.2) is 0 Å². The molecule has 2 aromatic carbocycles. The molecule has 25 heavy (non-hydrogen) atoms. The molecular weight excluding hydrogens is 310 g/mol. The van der Waals surface area contributed by atoms with Crippen LogP contribution in [0.25, 0.3) is 17.2 Å². The van der Waals surface area contributed by atoms with E-state index in [2.05, 4.69) is 34.5 Å². The number of nitrogens with one attached hydrogen (secondary N) is 1. The molecule has 1 amide bonds. The van der Waals surface area contributed by atoms with Crippen LogP contribution in [0.5, 0.6) is 0 Å². The van der Waals surface area contributed by atoms with E-state index in [0.29, 0.717) is 6.54 Å². The zero-order valence-electron chi connectivity index (χ0n) is 13.9. The first-order chi connectivity index (χ1) is 12.3. The van der Waals surface area contributed by atoms with E-state index in [1.54, 1.807) is 6.08 Å². The third-order valence-electron chi connectivity index (χ3n) is 4.52. The Kier molecular flexibility index (Phi) is 4.17. The van der Waals surface area contributed by atoms with Gasteiger partial charge in [0.1, 0.15) is 0 Å². The number of H-pyrrole nitrogens is 1. The van der Waals surface area contributed by atoms with Gasteiger partial charge in [0.25, 0.3) is 0 Å². The van der Waals surface area contributed by atoms with Crippen molar-refractivity contribution in [2.24, 2.45) is 0 Å². The lowest BCUT2D eigenvalue weighted by Crippen LogP contribution is -2.34. The van der Waals surface area contributed by atoms with Crippen LogP contribution in [-0.4, -0.2) is 27.5 Å². The Labute approximate surface area is 146 Å². The van der Waals surface area contributed by atoms with Crippen molar-refractivity contribution in [2.45, 2.75) is 13.0 Å². The third kappa shape index (κ3) is 3.38. The molecule has 2 heterocycles. The molecule has 0 bridgehead atoms. The maximum absolute atomic E-state index is 12.5. The van der Waals surface area contributed by atoms with Crippen LogP contribution in [0, 0.1) is 0 Å². The molecule has 0 aliphatic carbocycles. The molecule has 0 unspecified atom stereocenters. The molecule has 124 valence electrons. The fourth-order valence-electron chi connectivity index (χ4n) is 3.14. The number of hydrogen-bond acceptors (Lipinski definition) is 2. The lowest BCUT2D eigenvalue weighted by molar-refractivity contribution is -0.126. The molecule has 1 N–H and O–H groups in total. The molecule has 0 fully saturated rings. The maximum atomic E-state index is 12.5. The number of amides is 1. The van der Waals surface area contributed by atoms with Crippen LogP contribution in [0.4, 0.5) is 0 Å². The zero-order valence-corrected chi connectivity index (χ0v) is 13.9. The van der Waals surface area contributed by atoms with Gasteiger partial charge in [0.05, 0.1) is 6.20 Å². The van der Waals surface area contributed by atoms with Crippen molar-refractivity contribution in [1.82, 2.24) is 15.1 Å². The summed E-state index contributed by atoms with van der Waals surface area (Å²) in [6, 6.07) is 18.5. The Morgan fingerprint density at radius 2 is 1.92 bits per heavy atom. The van der Waals surface area contributed by atoms with Crippen LogP contribution < -0.4 is 0 Å². The van der Waals surface area contributed by atoms with Crippen LogP contribution in [0.2, 0.25) is 0 Å². The van der Waals surface area contributed by atoms with Crippen molar-refractivity contribution in [3.8, 4) is 11.1 Å². The van der Waals surface area contributed by atoms with Crippen LogP contribution >= 0.6 is 0 Å². The Morgan fingerprint density at radius 1 is 1.08 bits per heavy atom. The minimum absolute atomic E-state index is 0.0389. The van der Waals surface area contributed by atoms with Crippen LogP contribution in [0.1, 0.15) is 16.8 Å². The first-order valence-corrected chi connectivity index (χ1v) is 8.43. The predicted molar refractivity (Wildman–Crippen MR) is 98.6 cm³/mol. The van der Waals surface area contributed by atoms with Gasteiger partial charge in [0, 0.05) is 36.8 Å². The van der Waals surface area contributed by atoms with Gasteiger partial charge >= 0.3 is 0 Å². The number of carbonyl (C=O) groups excluding carboxylic acids is 1. The average molecular weight is 329 g/mol. The summed E-state index contributed by atoms with van der Waals surface area (Å²) >= 11 is 0. The number of aromatic nitrogens is 2. The normalized spacial score (nSPS) is 13.8. The fourth-order valence-corrected chi connectivity index (χ4v) is 3.14. The van der Waals surface area contributed by atoms with Gasteiger partial charge in [-0.05, 0) is 28.8 Å². The number of aromatic amines is 1. The molecule has 0 saturated heterocycles. The van der Waals surface area contributed by atoms with Gasteiger partial charge in [-0.25, -0.2) is 0 Å². The van der Waals surface area contributed by atoms with Gasteiger partial charge in [-0.1, -0.05) is 48.5 Å². The second-order valence-corrected chi connectivity index (χ2v) is 6.21. The summed E-state index contributed by atoms with van der Waals surface area (Å²) in [5.74, 6) is 0.0389. The predicted octanol–water partition coefficient (Wildman–Crippen LogP) is 3.67. The highest BCUT2D eigenvalue weighted by atomic mass is 16.2. The largest absolute Gasteiger partial charge is 0.334 e. The van der Waals surface area contributed by atoms with Crippen molar-refractivity contribution in [2.75, 3.05) is 6.54 Å². The summed E-state index contributed by atoms with van der Waals surface area (Å²) in [6.45, 7) is 1.35. The van der Waals surface area contributed by atoms with Crippen LogP contribution in [0.3, 0.4) is 0 Å². The molecule has 4 rings (SSSR count). The smallest absolute Gasteiger partial charge is 0.246 e. The number of fused-ring (bicyclic) bond motifs is 1. The first kappa shape index (κ1) is 15.4. The standard InChI is InChI=1S/C21H19N3O/c25-21(24-12-11-20-19(15-24)14-22-23-20)10-9-16-5-4-8-18(13-16)17-6-2-1-3-7-17/h1-10,13-14H,11-12,15H2,(H,22,23). The number of rotatable bonds is 3. The van der Waals surface area contributed by atoms with Crippen molar-refractivity contribution in [1.29, 1.82) is 0 Å². The Balaban J connectivity index is 1.48. The van der Waals surface area contributed by atoms with Crippen LogP contribution in [0.15, 0.2) is 66.9 Å². The number of benzene rings is 2. The molecule has 4 heteroatoms. The second kappa shape index (κ2) is 6.77. The van der Waals surface area contributed by atoms with E-state index in [-0.39, 0.29) is 5.91 Å². The third-order valence-corrected chi connectivity index (χ3v) is 4.52. The van der Waals surface area contributed by atoms with Crippen molar-refractivity contribution < 1.29 is 4.79 Å². The molecule has 0 atom stereocenters. The summed E-state index contributed by atoms with van der Waals surface area (Å²) < 4.78 is 0. The van der Waals surface area contributed by atoms with E-state index in [4.69, 9.17) is 0 Å². The van der Waals surface area contributed by atoms with Gasteiger partial charge in [-0.3, -0.25) is 9.89 Å². The molecule has 1 aromatic heterocycles. The summed E-state index contributed by atoms with van der Waals surface area (Å²) in [5.41, 5.74) is 5.60. The number of carbonyl (C=O) groups is 1. The molecule has 1 aliphatic heterocycles. The van der Waals surface area contributed by atoms with Crippen molar-refractivity contribution in [3.63, 3.8) is 0 Å². The molecule has 1 aliphatic rings. The van der Waals surface area contributed by atoms with Gasteiger partial charge in [-0.2, -0.15) is 5.10 Å². The average Bonchev–Trinajstić information content (AvgIpc) is 3.15. The maximum Gasteiger partial charge on any atom is 0.246 e. The molecule has 0 saturated carbocycles. The first-order valence-electron chi connectivity index (χ1n) is 8.43. The summed E-state index contributed by atoms with van der Waals surface area (Å²) in [7, 11) is 0. The van der Waals surface area contributed by atoms with Crippen LogP contribution in [-0.2, 0) is 17.8 Å². The topological polar surface area (TPSA) is 49.0 Å². The van der Waals surface area contributed by atoms with E-state index in [0.717, 1.165) is 35.3 Å². The second-order valence-electron chi connectivity index (χ2n) is 6.21. The van der Waals surface area contributed by atoms with Gasteiger partial charge in [0.2, 0.25) is 5.91 Å². The highest BCUT2D eigenvalue weighted by Gasteiger charge is 2.20. The SMILES string of the molecule is O=C(C=Cc1cccc(-c2ccccc2)c1)N1CCc2[nH]ncc2C1. The molecule has 0 radical (unpaired) electrons. The monoisotopic (exact) mass is 329 g/mol. The highest BCUT2D eigenvalue weighted by molar-refractivity contribution is 5.92. The quantitative estimate of drug-likeness (QED) is 0.745. The van der Waals surface area contributed by atoms with Gasteiger partial charge in [-0.15, -0.1) is 0 Å². The number of nitrogens with zero attached hydrogens (tertiary/aromatic N) is 2. The summed E-state index contributed by atoms with van der Waals surface area (Å²) in [6.07, 6.45) is 6.19. The Morgan fingerprint density at radius 3 is 2.80 bits per heavy atom. The fraction of sp³-hybridized carbons (Fsp3) is 0.143. The van der Waals surface area contributed by atoms with E-state index >= 15 is 0 Å². The van der Waals surface area contributed by atoms with E-state index in [1.807, 2.05) is 47.5 Å². The Hall–Kier alpha value is -3.14. The summed E-state index contributed by atoms with van der Waals surface area (Å²) in [4.78, 5) is 14.3. The molecule has 0 spiro atoms.